The van der Waals surface area contributed by atoms with E-state index in [4.69, 9.17) is 11.6 Å². The molecular formula is C9H12BrClN2S. The molecule has 0 fully saturated rings. The summed E-state index contributed by atoms with van der Waals surface area (Å²) in [6.07, 6.45) is 1.69. The van der Waals surface area contributed by atoms with Crippen LogP contribution in [0.3, 0.4) is 0 Å². The Bertz CT molecular complexity index is 325. The first kappa shape index (κ1) is 12.3. The molecule has 5 heteroatoms. The monoisotopic (exact) mass is 294 g/mol. The molecule has 0 aliphatic heterocycles. The maximum atomic E-state index is 5.86. The van der Waals surface area contributed by atoms with Crippen molar-refractivity contribution in [2.75, 3.05) is 0 Å². The maximum Gasteiger partial charge on any atom is 0.146 e. The molecule has 0 unspecified atom stereocenters. The van der Waals surface area contributed by atoms with E-state index in [1.807, 2.05) is 0 Å². The minimum atomic E-state index is 0.225. The Labute approximate surface area is 102 Å². The van der Waals surface area contributed by atoms with Gasteiger partial charge >= 0.3 is 0 Å². The van der Waals surface area contributed by atoms with Gasteiger partial charge in [-0.15, -0.1) is 11.8 Å². The Hall–Kier alpha value is 0.200. The molecule has 2 nitrogen and oxygen atoms in total. The minimum Gasteiger partial charge on any atom is -0.239 e. The van der Waals surface area contributed by atoms with Gasteiger partial charge in [0.15, 0.2) is 0 Å². The number of hydrogen-bond donors (Lipinski definition) is 0. The number of rotatable bonds is 2. The first-order valence-electron chi connectivity index (χ1n) is 4.19. The molecule has 1 aromatic heterocycles. The average molecular weight is 296 g/mol. The second kappa shape index (κ2) is 4.81. The summed E-state index contributed by atoms with van der Waals surface area (Å²) in [5.74, 6) is 1.56. The molecule has 0 atom stereocenters. The van der Waals surface area contributed by atoms with Gasteiger partial charge in [0, 0.05) is 10.9 Å². The topological polar surface area (TPSA) is 25.8 Å². The second-order valence-corrected chi connectivity index (χ2v) is 6.84. The summed E-state index contributed by atoms with van der Waals surface area (Å²) in [7, 11) is 0. The van der Waals surface area contributed by atoms with Gasteiger partial charge in [0.25, 0.3) is 0 Å². The molecule has 0 aliphatic rings. The van der Waals surface area contributed by atoms with Crippen LogP contribution in [0.25, 0.3) is 0 Å². The van der Waals surface area contributed by atoms with Crippen LogP contribution in [0.5, 0.6) is 0 Å². The van der Waals surface area contributed by atoms with Gasteiger partial charge in [0.2, 0.25) is 0 Å². The summed E-state index contributed by atoms with van der Waals surface area (Å²) in [6, 6.07) is 0. The minimum absolute atomic E-state index is 0.225. The van der Waals surface area contributed by atoms with Crippen molar-refractivity contribution in [2.45, 2.75) is 31.3 Å². The van der Waals surface area contributed by atoms with E-state index in [1.165, 1.54) is 0 Å². The third kappa shape index (κ3) is 4.15. The molecule has 0 saturated carbocycles. The molecule has 0 radical (unpaired) electrons. The highest BCUT2D eigenvalue weighted by Gasteiger charge is 2.12. The van der Waals surface area contributed by atoms with Gasteiger partial charge in [0.1, 0.15) is 11.0 Å². The first-order valence-corrected chi connectivity index (χ1v) is 6.35. The van der Waals surface area contributed by atoms with Crippen LogP contribution in [0.15, 0.2) is 10.7 Å². The maximum absolute atomic E-state index is 5.86. The zero-order chi connectivity index (χ0) is 10.8. The number of nitrogens with zero attached hydrogens (tertiary/aromatic N) is 2. The molecular weight excluding hydrogens is 284 g/mol. The van der Waals surface area contributed by atoms with Crippen molar-refractivity contribution >= 4 is 39.3 Å². The number of thioether (sulfide) groups is 1. The highest BCUT2D eigenvalue weighted by Crippen LogP contribution is 2.27. The van der Waals surface area contributed by atoms with E-state index in [-0.39, 0.29) is 4.75 Å². The lowest BCUT2D eigenvalue weighted by Crippen LogP contribution is -2.08. The van der Waals surface area contributed by atoms with Crippen molar-refractivity contribution < 1.29 is 0 Å². The molecule has 14 heavy (non-hydrogen) atoms. The van der Waals surface area contributed by atoms with Crippen molar-refractivity contribution in [3.05, 3.63) is 21.6 Å². The fraction of sp³-hybridized carbons (Fsp3) is 0.556. The van der Waals surface area contributed by atoms with Crippen LogP contribution < -0.4 is 0 Å². The number of halogens is 2. The van der Waals surface area contributed by atoms with Crippen LogP contribution in [-0.2, 0) is 5.75 Å². The fourth-order valence-electron chi connectivity index (χ4n) is 0.731. The molecule has 0 amide bonds. The van der Waals surface area contributed by atoms with Gasteiger partial charge in [-0.1, -0.05) is 32.4 Å². The summed E-state index contributed by atoms with van der Waals surface area (Å²) < 4.78 is 0.965. The summed E-state index contributed by atoms with van der Waals surface area (Å²) in [5, 5.41) is 0.476. The molecule has 0 saturated heterocycles. The van der Waals surface area contributed by atoms with E-state index in [2.05, 4.69) is 46.7 Å². The average Bonchev–Trinajstić information content (AvgIpc) is 2.06. The van der Waals surface area contributed by atoms with Gasteiger partial charge in [-0.25, -0.2) is 9.97 Å². The summed E-state index contributed by atoms with van der Waals surface area (Å²) in [4.78, 5) is 8.34. The normalized spacial score (nSPS) is 11.8. The van der Waals surface area contributed by atoms with Gasteiger partial charge in [-0.2, -0.15) is 0 Å². The molecule has 0 aromatic carbocycles. The SMILES string of the molecule is CC(C)(C)SCc1ncc(Br)c(Cl)n1. The van der Waals surface area contributed by atoms with Gasteiger partial charge in [-0.3, -0.25) is 0 Å². The molecule has 1 heterocycles. The van der Waals surface area contributed by atoms with E-state index in [0.29, 0.717) is 5.15 Å². The highest BCUT2D eigenvalue weighted by atomic mass is 79.9. The van der Waals surface area contributed by atoms with E-state index in [1.54, 1.807) is 18.0 Å². The smallest absolute Gasteiger partial charge is 0.146 e. The molecule has 0 spiro atoms. The second-order valence-electron chi connectivity index (χ2n) is 3.83. The van der Waals surface area contributed by atoms with Gasteiger partial charge in [0.05, 0.1) is 10.2 Å². The van der Waals surface area contributed by atoms with Crippen molar-refractivity contribution in [3.63, 3.8) is 0 Å². The molecule has 1 aromatic rings. The third-order valence-electron chi connectivity index (χ3n) is 1.39. The lowest BCUT2D eigenvalue weighted by Gasteiger charge is -2.16. The Morgan fingerprint density at radius 1 is 1.50 bits per heavy atom. The summed E-state index contributed by atoms with van der Waals surface area (Å²) in [6.45, 7) is 6.49. The van der Waals surface area contributed by atoms with Crippen LogP contribution in [0.4, 0.5) is 0 Å². The van der Waals surface area contributed by atoms with Crippen molar-refractivity contribution in [1.29, 1.82) is 0 Å². The van der Waals surface area contributed by atoms with Crippen LogP contribution in [0, 0.1) is 0 Å². The van der Waals surface area contributed by atoms with Crippen LogP contribution in [0.1, 0.15) is 26.6 Å². The highest BCUT2D eigenvalue weighted by molar-refractivity contribution is 9.10. The van der Waals surface area contributed by atoms with Crippen LogP contribution in [0.2, 0.25) is 5.15 Å². The van der Waals surface area contributed by atoms with Crippen molar-refractivity contribution in [1.82, 2.24) is 9.97 Å². The van der Waals surface area contributed by atoms with Crippen molar-refractivity contribution in [2.24, 2.45) is 0 Å². The predicted molar refractivity (Wildman–Crippen MR) is 65.8 cm³/mol. The fourth-order valence-corrected chi connectivity index (χ4v) is 1.77. The Morgan fingerprint density at radius 2 is 2.14 bits per heavy atom. The Balaban J connectivity index is 2.65. The first-order chi connectivity index (χ1) is 6.38. The summed E-state index contributed by atoms with van der Waals surface area (Å²) >= 11 is 10.9. The van der Waals surface area contributed by atoms with Crippen LogP contribution >= 0.6 is 39.3 Å². The zero-order valence-corrected chi connectivity index (χ0v) is 11.5. The van der Waals surface area contributed by atoms with E-state index >= 15 is 0 Å². The molecule has 78 valence electrons. The Kier molecular flexibility index (Phi) is 4.22. The van der Waals surface area contributed by atoms with Crippen LogP contribution in [-0.4, -0.2) is 14.7 Å². The molecule has 1 rings (SSSR count). The Morgan fingerprint density at radius 3 is 2.64 bits per heavy atom. The lowest BCUT2D eigenvalue weighted by molar-refractivity contribution is 0.800. The molecule has 0 N–H and O–H groups in total. The molecule has 0 aliphatic carbocycles. The van der Waals surface area contributed by atoms with E-state index < -0.39 is 0 Å². The predicted octanol–water partition coefficient (Wildman–Crippen LogP) is 3.92. The number of hydrogen-bond acceptors (Lipinski definition) is 3. The standard InChI is InChI=1S/C9H12BrClN2S/c1-9(2,3)14-5-7-12-4-6(10)8(11)13-7/h4H,5H2,1-3H3. The van der Waals surface area contributed by atoms with Crippen molar-refractivity contribution in [3.8, 4) is 0 Å². The number of aromatic nitrogens is 2. The summed E-state index contributed by atoms with van der Waals surface area (Å²) in [5.41, 5.74) is 0. The third-order valence-corrected chi connectivity index (χ3v) is 3.75. The largest absolute Gasteiger partial charge is 0.239 e. The van der Waals surface area contributed by atoms with Gasteiger partial charge in [-0.05, 0) is 15.9 Å². The van der Waals surface area contributed by atoms with Gasteiger partial charge < -0.3 is 0 Å². The van der Waals surface area contributed by atoms with E-state index in [9.17, 15) is 0 Å². The van der Waals surface area contributed by atoms with E-state index in [0.717, 1.165) is 16.0 Å². The quantitative estimate of drug-likeness (QED) is 0.773. The zero-order valence-electron chi connectivity index (χ0n) is 8.34. The molecule has 0 bridgehead atoms. The lowest BCUT2D eigenvalue weighted by atomic mass is 10.3.